The summed E-state index contributed by atoms with van der Waals surface area (Å²) < 4.78 is 0. The molecule has 0 spiro atoms. The first-order valence-corrected chi connectivity index (χ1v) is 8.21. The molecule has 1 aromatic carbocycles. The van der Waals surface area contributed by atoms with Crippen LogP contribution in [0.5, 0.6) is 0 Å². The minimum atomic E-state index is -0.127. The number of hydrogen-bond acceptors (Lipinski definition) is 2. The molecule has 0 fully saturated rings. The number of hydrogen-bond donors (Lipinski definition) is 2. The minimum absolute atomic E-state index is 0.109. The van der Waals surface area contributed by atoms with Gasteiger partial charge in [-0.3, -0.25) is 4.79 Å². The van der Waals surface area contributed by atoms with Crippen LogP contribution < -0.4 is 10.6 Å². The van der Waals surface area contributed by atoms with E-state index in [1.165, 1.54) is 18.4 Å². The Kier molecular flexibility index (Phi) is 8.76. The van der Waals surface area contributed by atoms with Crippen LogP contribution in [0, 0.1) is 0 Å². The zero-order chi connectivity index (χ0) is 15.5. The molecule has 0 aliphatic carbocycles. The molecule has 0 saturated heterocycles. The number of nitrogens with one attached hydrogen (secondary N) is 2. The number of rotatable bonds is 10. The third-order valence-electron chi connectivity index (χ3n) is 3.72. The molecule has 2 atom stereocenters. The van der Waals surface area contributed by atoms with Crippen LogP contribution in [-0.2, 0) is 11.2 Å². The SMILES string of the molecule is CCCCCNC(=O)C(C)NC(C)CCc1ccccc1. The molecule has 118 valence electrons. The standard InChI is InChI=1S/C18H30N2O/c1-4-5-9-14-19-18(21)16(3)20-15(2)12-13-17-10-7-6-8-11-17/h6-8,10-11,15-16,20H,4-5,9,12-14H2,1-3H3,(H,19,21). The quantitative estimate of drug-likeness (QED) is 0.649. The van der Waals surface area contributed by atoms with Crippen molar-refractivity contribution in [1.29, 1.82) is 0 Å². The van der Waals surface area contributed by atoms with E-state index < -0.39 is 0 Å². The molecule has 3 nitrogen and oxygen atoms in total. The van der Waals surface area contributed by atoms with E-state index in [4.69, 9.17) is 0 Å². The summed E-state index contributed by atoms with van der Waals surface area (Å²) in [6, 6.07) is 10.7. The van der Waals surface area contributed by atoms with Gasteiger partial charge in [-0.15, -0.1) is 0 Å². The van der Waals surface area contributed by atoms with Crippen LogP contribution in [0.2, 0.25) is 0 Å². The van der Waals surface area contributed by atoms with Crippen LogP contribution >= 0.6 is 0 Å². The van der Waals surface area contributed by atoms with E-state index in [2.05, 4.69) is 48.7 Å². The summed E-state index contributed by atoms with van der Waals surface area (Å²) in [4.78, 5) is 11.9. The van der Waals surface area contributed by atoms with Gasteiger partial charge in [-0.1, -0.05) is 50.1 Å². The van der Waals surface area contributed by atoms with Crippen molar-refractivity contribution in [2.75, 3.05) is 6.54 Å². The monoisotopic (exact) mass is 290 g/mol. The Morgan fingerprint density at radius 1 is 1.14 bits per heavy atom. The molecule has 2 unspecified atom stereocenters. The average molecular weight is 290 g/mol. The highest BCUT2D eigenvalue weighted by Gasteiger charge is 2.14. The number of carbonyl (C=O) groups is 1. The molecular weight excluding hydrogens is 260 g/mol. The van der Waals surface area contributed by atoms with Gasteiger partial charge in [0.15, 0.2) is 0 Å². The third kappa shape index (κ3) is 7.86. The number of benzene rings is 1. The highest BCUT2D eigenvalue weighted by atomic mass is 16.2. The second-order valence-corrected chi connectivity index (χ2v) is 5.81. The van der Waals surface area contributed by atoms with Crippen molar-refractivity contribution in [3.05, 3.63) is 35.9 Å². The largest absolute Gasteiger partial charge is 0.355 e. The van der Waals surface area contributed by atoms with Gasteiger partial charge in [0.05, 0.1) is 6.04 Å². The first-order chi connectivity index (χ1) is 10.1. The molecular formula is C18H30N2O. The molecule has 21 heavy (non-hydrogen) atoms. The van der Waals surface area contributed by atoms with Gasteiger partial charge in [0.1, 0.15) is 0 Å². The van der Waals surface area contributed by atoms with E-state index in [9.17, 15) is 4.79 Å². The summed E-state index contributed by atoms with van der Waals surface area (Å²) in [5.41, 5.74) is 1.35. The lowest BCUT2D eigenvalue weighted by Crippen LogP contribution is -2.46. The molecule has 0 bridgehead atoms. The fraction of sp³-hybridized carbons (Fsp3) is 0.611. The van der Waals surface area contributed by atoms with E-state index in [0.29, 0.717) is 6.04 Å². The van der Waals surface area contributed by atoms with E-state index in [0.717, 1.165) is 25.8 Å². The number of amides is 1. The molecule has 0 radical (unpaired) electrons. The van der Waals surface area contributed by atoms with Crippen LogP contribution in [0.25, 0.3) is 0 Å². The van der Waals surface area contributed by atoms with Crippen molar-refractivity contribution in [3.8, 4) is 0 Å². The smallest absolute Gasteiger partial charge is 0.236 e. The Labute approximate surface area is 129 Å². The highest BCUT2D eigenvalue weighted by Crippen LogP contribution is 2.05. The minimum Gasteiger partial charge on any atom is -0.355 e. The Morgan fingerprint density at radius 2 is 1.86 bits per heavy atom. The lowest BCUT2D eigenvalue weighted by molar-refractivity contribution is -0.122. The van der Waals surface area contributed by atoms with Crippen LogP contribution in [-0.4, -0.2) is 24.5 Å². The fourth-order valence-corrected chi connectivity index (χ4v) is 2.35. The molecule has 1 amide bonds. The predicted molar refractivity (Wildman–Crippen MR) is 89.4 cm³/mol. The molecule has 0 aromatic heterocycles. The Balaban J connectivity index is 2.20. The van der Waals surface area contributed by atoms with E-state index in [1.807, 2.05) is 13.0 Å². The Bertz CT molecular complexity index is 391. The summed E-state index contributed by atoms with van der Waals surface area (Å²) in [6.07, 6.45) is 5.51. The van der Waals surface area contributed by atoms with Crippen LogP contribution in [0.15, 0.2) is 30.3 Å². The molecule has 0 heterocycles. The van der Waals surface area contributed by atoms with Gasteiger partial charge in [-0.25, -0.2) is 0 Å². The first kappa shape index (κ1) is 17.7. The van der Waals surface area contributed by atoms with Crippen LogP contribution in [0.3, 0.4) is 0 Å². The van der Waals surface area contributed by atoms with Gasteiger partial charge in [-0.2, -0.15) is 0 Å². The predicted octanol–water partition coefficient (Wildman–Crippen LogP) is 3.29. The van der Waals surface area contributed by atoms with Crippen LogP contribution in [0.4, 0.5) is 0 Å². The molecule has 2 N–H and O–H groups in total. The summed E-state index contributed by atoms with van der Waals surface area (Å²) in [6.45, 7) is 7.04. The molecule has 0 saturated carbocycles. The van der Waals surface area contributed by atoms with Crippen molar-refractivity contribution in [2.24, 2.45) is 0 Å². The zero-order valence-electron chi connectivity index (χ0n) is 13.7. The normalized spacial score (nSPS) is 13.7. The third-order valence-corrected chi connectivity index (χ3v) is 3.72. The lowest BCUT2D eigenvalue weighted by atomic mass is 10.1. The van der Waals surface area contributed by atoms with Crippen molar-refractivity contribution < 1.29 is 4.79 Å². The number of aryl methyl sites for hydroxylation is 1. The molecule has 1 aromatic rings. The highest BCUT2D eigenvalue weighted by molar-refractivity contribution is 5.81. The Morgan fingerprint density at radius 3 is 2.52 bits per heavy atom. The van der Waals surface area contributed by atoms with Gasteiger partial charge >= 0.3 is 0 Å². The van der Waals surface area contributed by atoms with Crippen molar-refractivity contribution in [1.82, 2.24) is 10.6 Å². The first-order valence-electron chi connectivity index (χ1n) is 8.21. The van der Waals surface area contributed by atoms with Gasteiger partial charge < -0.3 is 10.6 Å². The summed E-state index contributed by atoms with van der Waals surface area (Å²) in [5.74, 6) is 0.109. The molecule has 3 heteroatoms. The molecule has 1 rings (SSSR count). The van der Waals surface area contributed by atoms with Gasteiger partial charge in [0, 0.05) is 12.6 Å². The van der Waals surface area contributed by atoms with E-state index >= 15 is 0 Å². The van der Waals surface area contributed by atoms with Crippen LogP contribution in [0.1, 0.15) is 52.0 Å². The van der Waals surface area contributed by atoms with Gasteiger partial charge in [0.2, 0.25) is 5.91 Å². The van der Waals surface area contributed by atoms with E-state index in [1.54, 1.807) is 0 Å². The van der Waals surface area contributed by atoms with Gasteiger partial charge in [-0.05, 0) is 38.7 Å². The lowest BCUT2D eigenvalue weighted by Gasteiger charge is -2.19. The molecule has 0 aliphatic rings. The zero-order valence-corrected chi connectivity index (χ0v) is 13.7. The molecule has 0 aliphatic heterocycles. The van der Waals surface area contributed by atoms with Crippen molar-refractivity contribution in [2.45, 2.75) is 65.0 Å². The summed E-state index contributed by atoms with van der Waals surface area (Å²) in [7, 11) is 0. The Hall–Kier alpha value is -1.35. The number of unbranched alkanes of at least 4 members (excludes halogenated alkanes) is 2. The van der Waals surface area contributed by atoms with Gasteiger partial charge in [0.25, 0.3) is 0 Å². The maximum atomic E-state index is 11.9. The fourth-order valence-electron chi connectivity index (χ4n) is 2.35. The maximum absolute atomic E-state index is 11.9. The van der Waals surface area contributed by atoms with E-state index in [-0.39, 0.29) is 11.9 Å². The average Bonchev–Trinajstić information content (AvgIpc) is 2.50. The number of carbonyl (C=O) groups excluding carboxylic acids is 1. The second-order valence-electron chi connectivity index (χ2n) is 5.81. The summed E-state index contributed by atoms with van der Waals surface area (Å²) in [5, 5.41) is 6.37. The maximum Gasteiger partial charge on any atom is 0.236 e. The topological polar surface area (TPSA) is 41.1 Å². The second kappa shape index (κ2) is 10.4. The summed E-state index contributed by atoms with van der Waals surface area (Å²) >= 11 is 0. The van der Waals surface area contributed by atoms with Crippen molar-refractivity contribution in [3.63, 3.8) is 0 Å². The van der Waals surface area contributed by atoms with Crippen molar-refractivity contribution >= 4 is 5.91 Å².